The zero-order valence-corrected chi connectivity index (χ0v) is 13.6. The molecule has 120 valence electrons. The van der Waals surface area contributed by atoms with Crippen molar-refractivity contribution in [2.45, 2.75) is 39.7 Å². The second-order valence-corrected chi connectivity index (χ2v) is 5.59. The van der Waals surface area contributed by atoms with Gasteiger partial charge in [0.2, 0.25) is 5.88 Å². The topological polar surface area (TPSA) is 68.7 Å². The number of carbonyl (C=O) groups excluding carboxylic acids is 2. The van der Waals surface area contributed by atoms with Crippen molar-refractivity contribution >= 4 is 29.2 Å². The van der Waals surface area contributed by atoms with Gasteiger partial charge in [-0.15, -0.1) is 0 Å². The van der Waals surface area contributed by atoms with Crippen molar-refractivity contribution in [3.63, 3.8) is 0 Å². The van der Waals surface area contributed by atoms with E-state index >= 15 is 0 Å². The summed E-state index contributed by atoms with van der Waals surface area (Å²) in [6.07, 6.45) is 0.108. The monoisotopic (exact) mass is 326 g/mol. The Kier molecular flexibility index (Phi) is 5.24. The molecule has 2 heterocycles. The van der Waals surface area contributed by atoms with Crippen molar-refractivity contribution in [3.05, 3.63) is 16.8 Å². The number of aromatic nitrogens is 1. The minimum Gasteiger partial charge on any atom is -0.477 e. The Morgan fingerprint density at radius 3 is 2.86 bits per heavy atom. The largest absolute Gasteiger partial charge is 0.477 e. The van der Waals surface area contributed by atoms with Gasteiger partial charge in [-0.1, -0.05) is 11.6 Å². The molecule has 1 aliphatic heterocycles. The molecule has 0 bridgehead atoms. The van der Waals surface area contributed by atoms with Gasteiger partial charge >= 0.3 is 6.09 Å². The Morgan fingerprint density at radius 2 is 2.23 bits per heavy atom. The molecule has 1 amide bonds. The molecule has 0 spiro atoms. The summed E-state index contributed by atoms with van der Waals surface area (Å²) >= 11 is 6.14. The molecule has 0 atom stereocenters. The molecule has 0 aromatic carbocycles. The first-order valence-electron chi connectivity index (χ1n) is 7.28. The van der Waals surface area contributed by atoms with Gasteiger partial charge in [0, 0.05) is 13.0 Å². The van der Waals surface area contributed by atoms with E-state index in [9.17, 15) is 9.59 Å². The van der Waals surface area contributed by atoms with Crippen LogP contribution in [-0.2, 0) is 4.74 Å². The number of hydrogen-bond acceptors (Lipinski definition) is 5. The minimum atomic E-state index is -0.507. The molecule has 1 aromatic rings. The van der Waals surface area contributed by atoms with Crippen LogP contribution < -0.4 is 9.64 Å². The smallest absolute Gasteiger partial charge is 0.414 e. The molecule has 0 unspecified atom stereocenters. The molecule has 6 nitrogen and oxygen atoms in total. The number of ether oxygens (including phenoxy) is 2. The van der Waals surface area contributed by atoms with Gasteiger partial charge in [0.05, 0.1) is 18.4 Å². The van der Waals surface area contributed by atoms with E-state index in [1.54, 1.807) is 26.8 Å². The molecule has 1 aromatic heterocycles. The predicted molar refractivity (Wildman–Crippen MR) is 82.9 cm³/mol. The average molecular weight is 327 g/mol. The molecule has 0 N–H and O–H groups in total. The SMILES string of the molecule is CCOc1nc2c(cc1Cl)N(C(=O)OC(C)C)CCCC2=O. The summed E-state index contributed by atoms with van der Waals surface area (Å²) in [5, 5.41) is 0.262. The van der Waals surface area contributed by atoms with Crippen LogP contribution in [0.15, 0.2) is 6.07 Å². The van der Waals surface area contributed by atoms with E-state index in [2.05, 4.69) is 4.98 Å². The molecule has 0 fully saturated rings. The van der Waals surface area contributed by atoms with Crippen LogP contribution in [0.2, 0.25) is 5.02 Å². The molecule has 2 rings (SSSR count). The van der Waals surface area contributed by atoms with E-state index in [1.165, 1.54) is 4.90 Å². The number of ketones is 1. The molecule has 1 aliphatic rings. The van der Waals surface area contributed by atoms with Crippen molar-refractivity contribution in [1.82, 2.24) is 4.98 Å². The number of halogens is 1. The van der Waals surface area contributed by atoms with E-state index in [-0.39, 0.29) is 28.5 Å². The first kappa shape index (κ1) is 16.5. The number of Topliss-reactive ketones (excluding diaryl/α,β-unsaturated/α-hetero) is 1. The van der Waals surface area contributed by atoms with Gasteiger partial charge in [-0.05, 0) is 33.3 Å². The van der Waals surface area contributed by atoms with Gasteiger partial charge < -0.3 is 9.47 Å². The highest BCUT2D eigenvalue weighted by Gasteiger charge is 2.29. The highest BCUT2D eigenvalue weighted by molar-refractivity contribution is 6.32. The van der Waals surface area contributed by atoms with Crippen molar-refractivity contribution in [2.24, 2.45) is 0 Å². The Bertz CT molecular complexity index is 589. The highest BCUT2D eigenvalue weighted by atomic mass is 35.5. The van der Waals surface area contributed by atoms with E-state index < -0.39 is 6.09 Å². The maximum atomic E-state index is 12.2. The lowest BCUT2D eigenvalue weighted by Crippen LogP contribution is -2.34. The van der Waals surface area contributed by atoms with Crippen molar-refractivity contribution in [1.29, 1.82) is 0 Å². The second kappa shape index (κ2) is 6.96. The third-order valence-corrected chi connectivity index (χ3v) is 3.37. The first-order valence-corrected chi connectivity index (χ1v) is 7.66. The van der Waals surface area contributed by atoms with Crippen molar-refractivity contribution in [2.75, 3.05) is 18.1 Å². The molecule has 22 heavy (non-hydrogen) atoms. The van der Waals surface area contributed by atoms with Crippen LogP contribution in [-0.4, -0.2) is 36.1 Å². The predicted octanol–water partition coefficient (Wildman–Crippen LogP) is 3.46. The molecular weight excluding hydrogens is 308 g/mol. The van der Waals surface area contributed by atoms with Gasteiger partial charge in [0.15, 0.2) is 5.78 Å². The average Bonchev–Trinajstić information content (AvgIpc) is 2.59. The zero-order chi connectivity index (χ0) is 16.3. The third-order valence-electron chi connectivity index (χ3n) is 3.10. The normalized spacial score (nSPS) is 14.6. The van der Waals surface area contributed by atoms with E-state index in [1.807, 2.05) is 0 Å². The zero-order valence-electron chi connectivity index (χ0n) is 12.9. The van der Waals surface area contributed by atoms with Gasteiger partial charge in [-0.25, -0.2) is 9.78 Å². The van der Waals surface area contributed by atoms with Crippen LogP contribution in [0.1, 0.15) is 44.1 Å². The van der Waals surface area contributed by atoms with Gasteiger partial charge in [0.1, 0.15) is 10.7 Å². The van der Waals surface area contributed by atoms with Crippen molar-refractivity contribution in [3.8, 4) is 5.88 Å². The number of rotatable bonds is 3. The first-order chi connectivity index (χ1) is 10.4. The standard InChI is InChI=1S/C15H19ClN2O4/c1-4-21-14-10(16)8-11-13(17-14)12(19)6-5-7-18(11)15(20)22-9(2)3/h8-9H,4-7H2,1-3H3. The number of fused-ring (bicyclic) bond motifs is 1. The summed E-state index contributed by atoms with van der Waals surface area (Å²) in [6.45, 7) is 6.11. The minimum absolute atomic E-state index is 0.132. The highest BCUT2D eigenvalue weighted by Crippen LogP contribution is 2.33. The molecule has 0 saturated heterocycles. The van der Waals surface area contributed by atoms with E-state index in [0.29, 0.717) is 31.7 Å². The number of anilines is 1. The molecule has 0 aliphatic carbocycles. The number of hydrogen-bond donors (Lipinski definition) is 0. The van der Waals surface area contributed by atoms with E-state index in [4.69, 9.17) is 21.1 Å². The molecular formula is C15H19ClN2O4. The van der Waals surface area contributed by atoms with Crippen LogP contribution >= 0.6 is 11.6 Å². The quantitative estimate of drug-likeness (QED) is 0.850. The lowest BCUT2D eigenvalue weighted by molar-refractivity contribution is 0.0977. The number of amides is 1. The van der Waals surface area contributed by atoms with Gasteiger partial charge in [-0.2, -0.15) is 0 Å². The fraction of sp³-hybridized carbons (Fsp3) is 0.533. The lowest BCUT2D eigenvalue weighted by atomic mass is 10.1. The number of nitrogens with zero attached hydrogens (tertiary/aromatic N) is 2. The Balaban J connectivity index is 2.46. The summed E-state index contributed by atoms with van der Waals surface area (Å²) in [7, 11) is 0. The Morgan fingerprint density at radius 1 is 1.50 bits per heavy atom. The fourth-order valence-corrected chi connectivity index (χ4v) is 2.40. The van der Waals surface area contributed by atoms with Crippen molar-refractivity contribution < 1.29 is 19.1 Å². The maximum absolute atomic E-state index is 12.2. The number of pyridine rings is 1. The molecule has 0 saturated carbocycles. The van der Waals surface area contributed by atoms with E-state index in [0.717, 1.165) is 0 Å². The molecule has 0 radical (unpaired) electrons. The van der Waals surface area contributed by atoms with Crippen LogP contribution in [0.3, 0.4) is 0 Å². The Labute approximate surface area is 134 Å². The van der Waals surface area contributed by atoms with Crippen LogP contribution in [0.5, 0.6) is 5.88 Å². The summed E-state index contributed by atoms with van der Waals surface area (Å²) in [4.78, 5) is 30.1. The maximum Gasteiger partial charge on any atom is 0.414 e. The van der Waals surface area contributed by atoms with Crippen LogP contribution in [0, 0.1) is 0 Å². The number of carbonyl (C=O) groups is 2. The van der Waals surface area contributed by atoms with Gasteiger partial charge in [-0.3, -0.25) is 9.69 Å². The second-order valence-electron chi connectivity index (χ2n) is 5.19. The Hall–Kier alpha value is -1.82. The fourth-order valence-electron chi connectivity index (χ4n) is 2.20. The van der Waals surface area contributed by atoms with Gasteiger partial charge in [0.25, 0.3) is 0 Å². The van der Waals surface area contributed by atoms with Crippen LogP contribution in [0.25, 0.3) is 0 Å². The third kappa shape index (κ3) is 3.50. The summed E-state index contributed by atoms with van der Waals surface area (Å²) in [5.41, 5.74) is 0.577. The summed E-state index contributed by atoms with van der Waals surface area (Å²) in [6, 6.07) is 1.54. The molecule has 7 heteroatoms. The van der Waals surface area contributed by atoms with Crippen LogP contribution in [0.4, 0.5) is 10.5 Å². The lowest BCUT2D eigenvalue weighted by Gasteiger charge is -2.23. The summed E-state index contributed by atoms with van der Waals surface area (Å²) < 4.78 is 10.6. The summed E-state index contributed by atoms with van der Waals surface area (Å²) in [5.74, 6) is 0.0720.